The number of nitrogens with two attached hydrogens (primary N) is 1. The maximum absolute atomic E-state index is 11.8. The van der Waals surface area contributed by atoms with E-state index in [0.29, 0.717) is 11.1 Å². The normalized spacial score (nSPS) is 11.3. The molecule has 0 saturated carbocycles. The largest absolute Gasteiger partial charge is 0.372 e. The number of aryl methyl sites for hydroxylation is 2. The number of carbonyl (C=O) groups is 1. The summed E-state index contributed by atoms with van der Waals surface area (Å²) in [5.74, 6) is -0.778. The summed E-state index contributed by atoms with van der Waals surface area (Å²) in [4.78, 5) is 11.8. The lowest BCUT2D eigenvalue weighted by Gasteiger charge is -2.26. The SMILES string of the molecule is Cc1ccc(C(O)(C(N)=O)c2ccc(C)cc2)cc1. The third-order valence-electron chi connectivity index (χ3n) is 3.30. The smallest absolute Gasteiger partial charge is 0.258 e. The lowest BCUT2D eigenvalue weighted by molar-refractivity contribution is -0.133. The third kappa shape index (κ3) is 2.37. The van der Waals surface area contributed by atoms with E-state index in [9.17, 15) is 9.90 Å². The van der Waals surface area contributed by atoms with Crippen LogP contribution in [0, 0.1) is 13.8 Å². The van der Waals surface area contributed by atoms with Crippen molar-refractivity contribution in [3.63, 3.8) is 0 Å². The van der Waals surface area contributed by atoms with Gasteiger partial charge in [-0.2, -0.15) is 0 Å². The van der Waals surface area contributed by atoms with Gasteiger partial charge in [-0.1, -0.05) is 59.7 Å². The van der Waals surface area contributed by atoms with Crippen molar-refractivity contribution < 1.29 is 9.90 Å². The van der Waals surface area contributed by atoms with Gasteiger partial charge in [-0.05, 0) is 25.0 Å². The first-order valence-corrected chi connectivity index (χ1v) is 6.11. The van der Waals surface area contributed by atoms with Crippen LogP contribution < -0.4 is 5.73 Å². The van der Waals surface area contributed by atoms with Gasteiger partial charge < -0.3 is 10.8 Å². The van der Waals surface area contributed by atoms with Crippen LogP contribution in [-0.4, -0.2) is 11.0 Å². The topological polar surface area (TPSA) is 63.3 Å². The highest BCUT2D eigenvalue weighted by Gasteiger charge is 2.37. The molecule has 0 spiro atoms. The quantitative estimate of drug-likeness (QED) is 0.881. The Balaban J connectivity index is 2.57. The minimum atomic E-state index is -1.79. The Labute approximate surface area is 112 Å². The molecular weight excluding hydrogens is 238 g/mol. The Morgan fingerprint density at radius 1 is 0.895 bits per heavy atom. The molecule has 2 rings (SSSR count). The van der Waals surface area contributed by atoms with E-state index >= 15 is 0 Å². The van der Waals surface area contributed by atoms with E-state index in [-0.39, 0.29) is 0 Å². The number of carbonyl (C=O) groups excluding carboxylic acids is 1. The highest BCUT2D eigenvalue weighted by atomic mass is 16.3. The fraction of sp³-hybridized carbons (Fsp3) is 0.188. The zero-order valence-corrected chi connectivity index (χ0v) is 11.1. The van der Waals surface area contributed by atoms with Crippen LogP contribution in [0.2, 0.25) is 0 Å². The molecule has 0 fully saturated rings. The fourth-order valence-electron chi connectivity index (χ4n) is 2.04. The van der Waals surface area contributed by atoms with Crippen LogP contribution >= 0.6 is 0 Å². The molecule has 0 atom stereocenters. The average Bonchev–Trinajstić information content (AvgIpc) is 2.39. The predicted molar refractivity (Wildman–Crippen MR) is 74.6 cm³/mol. The van der Waals surface area contributed by atoms with Gasteiger partial charge in [-0.15, -0.1) is 0 Å². The Kier molecular flexibility index (Phi) is 3.40. The van der Waals surface area contributed by atoms with Crippen LogP contribution in [-0.2, 0) is 10.4 Å². The number of benzene rings is 2. The summed E-state index contributed by atoms with van der Waals surface area (Å²) < 4.78 is 0. The molecule has 19 heavy (non-hydrogen) atoms. The van der Waals surface area contributed by atoms with Crippen LogP contribution in [0.15, 0.2) is 48.5 Å². The van der Waals surface area contributed by atoms with Gasteiger partial charge in [-0.25, -0.2) is 0 Å². The van der Waals surface area contributed by atoms with E-state index in [2.05, 4.69) is 0 Å². The number of hydrogen-bond acceptors (Lipinski definition) is 2. The maximum atomic E-state index is 11.8. The summed E-state index contributed by atoms with van der Waals surface area (Å²) >= 11 is 0. The van der Waals surface area contributed by atoms with Gasteiger partial charge in [-0.3, -0.25) is 4.79 Å². The summed E-state index contributed by atoms with van der Waals surface area (Å²) in [6, 6.07) is 14.3. The van der Waals surface area contributed by atoms with E-state index in [4.69, 9.17) is 5.73 Å². The van der Waals surface area contributed by atoms with Crippen molar-refractivity contribution in [2.24, 2.45) is 5.73 Å². The Bertz CT molecular complexity index is 540. The van der Waals surface area contributed by atoms with Crippen LogP contribution in [0.1, 0.15) is 22.3 Å². The number of primary amides is 1. The lowest BCUT2D eigenvalue weighted by Crippen LogP contribution is -2.42. The number of hydrogen-bond donors (Lipinski definition) is 2. The molecule has 98 valence electrons. The third-order valence-corrected chi connectivity index (χ3v) is 3.30. The summed E-state index contributed by atoms with van der Waals surface area (Å²) in [5.41, 5.74) is 6.70. The summed E-state index contributed by atoms with van der Waals surface area (Å²) in [6.45, 7) is 3.89. The molecule has 0 aliphatic carbocycles. The minimum Gasteiger partial charge on any atom is -0.372 e. The zero-order chi connectivity index (χ0) is 14.0. The first kappa shape index (κ1) is 13.3. The summed E-state index contributed by atoms with van der Waals surface area (Å²) in [5, 5.41) is 10.7. The first-order chi connectivity index (χ1) is 8.94. The van der Waals surface area contributed by atoms with Crippen molar-refractivity contribution in [1.82, 2.24) is 0 Å². The van der Waals surface area contributed by atoms with Crippen LogP contribution in [0.25, 0.3) is 0 Å². The zero-order valence-electron chi connectivity index (χ0n) is 11.1. The molecule has 0 radical (unpaired) electrons. The van der Waals surface area contributed by atoms with Gasteiger partial charge in [0, 0.05) is 0 Å². The molecule has 3 N–H and O–H groups in total. The van der Waals surface area contributed by atoms with E-state index in [1.165, 1.54) is 0 Å². The van der Waals surface area contributed by atoms with E-state index in [1.54, 1.807) is 24.3 Å². The fourth-order valence-corrected chi connectivity index (χ4v) is 2.04. The number of aliphatic hydroxyl groups is 1. The van der Waals surface area contributed by atoms with Gasteiger partial charge in [0.2, 0.25) is 0 Å². The van der Waals surface area contributed by atoms with Gasteiger partial charge in [0.15, 0.2) is 5.60 Å². The Morgan fingerprint density at radius 2 is 1.21 bits per heavy atom. The van der Waals surface area contributed by atoms with Crippen LogP contribution in [0.4, 0.5) is 0 Å². The second-order valence-corrected chi connectivity index (χ2v) is 4.81. The van der Waals surface area contributed by atoms with Crippen molar-refractivity contribution in [2.75, 3.05) is 0 Å². The number of amides is 1. The standard InChI is InChI=1S/C16H17NO2/c1-11-3-7-13(8-4-11)16(19,15(17)18)14-9-5-12(2)6-10-14/h3-10,19H,1-2H3,(H2,17,18). The highest BCUT2D eigenvalue weighted by Crippen LogP contribution is 2.29. The molecule has 2 aromatic carbocycles. The van der Waals surface area contributed by atoms with Gasteiger partial charge >= 0.3 is 0 Å². The molecule has 3 nitrogen and oxygen atoms in total. The van der Waals surface area contributed by atoms with Crippen molar-refractivity contribution in [3.8, 4) is 0 Å². The van der Waals surface area contributed by atoms with E-state index in [0.717, 1.165) is 11.1 Å². The van der Waals surface area contributed by atoms with Gasteiger partial charge in [0.1, 0.15) is 0 Å². The molecule has 0 aliphatic heterocycles. The Morgan fingerprint density at radius 3 is 1.47 bits per heavy atom. The van der Waals surface area contributed by atoms with Crippen LogP contribution in [0.5, 0.6) is 0 Å². The predicted octanol–water partition coefficient (Wildman–Crippen LogP) is 2.02. The van der Waals surface area contributed by atoms with Gasteiger partial charge in [0.25, 0.3) is 5.91 Å². The number of rotatable bonds is 3. The molecule has 0 bridgehead atoms. The Hall–Kier alpha value is -2.13. The summed E-state index contributed by atoms with van der Waals surface area (Å²) in [7, 11) is 0. The van der Waals surface area contributed by atoms with Gasteiger partial charge in [0.05, 0.1) is 0 Å². The highest BCUT2D eigenvalue weighted by molar-refractivity contribution is 5.88. The lowest BCUT2D eigenvalue weighted by atomic mass is 9.85. The molecule has 0 unspecified atom stereocenters. The molecule has 0 aromatic heterocycles. The second kappa shape index (κ2) is 4.86. The van der Waals surface area contributed by atoms with Crippen molar-refractivity contribution in [2.45, 2.75) is 19.4 Å². The minimum absolute atomic E-state index is 0.481. The van der Waals surface area contributed by atoms with Crippen LogP contribution in [0.3, 0.4) is 0 Å². The summed E-state index contributed by atoms with van der Waals surface area (Å²) in [6.07, 6.45) is 0. The van der Waals surface area contributed by atoms with Crippen molar-refractivity contribution in [1.29, 1.82) is 0 Å². The average molecular weight is 255 g/mol. The monoisotopic (exact) mass is 255 g/mol. The van der Waals surface area contributed by atoms with Crippen molar-refractivity contribution in [3.05, 3.63) is 70.8 Å². The molecule has 2 aromatic rings. The van der Waals surface area contributed by atoms with E-state index < -0.39 is 11.5 Å². The van der Waals surface area contributed by atoms with Crippen molar-refractivity contribution >= 4 is 5.91 Å². The molecule has 0 saturated heterocycles. The first-order valence-electron chi connectivity index (χ1n) is 6.11. The maximum Gasteiger partial charge on any atom is 0.258 e. The molecule has 3 heteroatoms. The molecule has 0 aliphatic rings. The molecular formula is C16H17NO2. The van der Waals surface area contributed by atoms with E-state index in [1.807, 2.05) is 38.1 Å². The molecule has 1 amide bonds. The molecule has 0 heterocycles. The second-order valence-electron chi connectivity index (χ2n) is 4.81.